The van der Waals surface area contributed by atoms with E-state index in [1.165, 1.54) is 0 Å². The molecule has 10 heteroatoms. The molecule has 0 unspecified atom stereocenters. The summed E-state index contributed by atoms with van der Waals surface area (Å²) >= 11 is 0. The van der Waals surface area contributed by atoms with Gasteiger partial charge in [0.2, 0.25) is 0 Å². The van der Waals surface area contributed by atoms with Crippen LogP contribution in [0.3, 0.4) is 0 Å². The second-order valence-corrected chi connectivity index (χ2v) is 9.22. The van der Waals surface area contributed by atoms with Gasteiger partial charge in [0.25, 0.3) is 0 Å². The molecule has 2 aromatic carbocycles. The van der Waals surface area contributed by atoms with Crippen molar-refractivity contribution < 1.29 is 19.5 Å². The number of aromatic amines is 1. The van der Waals surface area contributed by atoms with Gasteiger partial charge in [0.1, 0.15) is 6.04 Å². The number of piperidine rings is 1. The average Bonchev–Trinajstić information content (AvgIpc) is 3.32. The normalized spacial score (nSPS) is 17.1. The molecule has 35 heavy (non-hydrogen) atoms. The fourth-order valence-corrected chi connectivity index (χ4v) is 5.00. The summed E-state index contributed by atoms with van der Waals surface area (Å²) < 4.78 is 0. The van der Waals surface area contributed by atoms with Crippen LogP contribution in [0, 0.1) is 6.92 Å². The number of rotatable bonds is 5. The molecule has 0 spiro atoms. The number of amides is 4. The molecule has 182 valence electrons. The first-order chi connectivity index (χ1) is 16.9. The molecule has 3 heterocycles. The average molecular weight is 477 g/mol. The lowest BCUT2D eigenvalue weighted by Gasteiger charge is -2.40. The molecule has 0 bridgehead atoms. The number of nitrogens with one attached hydrogen (secondary N) is 3. The third-order valence-electron chi connectivity index (χ3n) is 6.89. The zero-order valence-corrected chi connectivity index (χ0v) is 19.5. The van der Waals surface area contributed by atoms with Crippen molar-refractivity contribution in [2.45, 2.75) is 44.8 Å². The Balaban J connectivity index is 1.19. The Morgan fingerprint density at radius 2 is 2.00 bits per heavy atom. The molecule has 1 aromatic heterocycles. The van der Waals surface area contributed by atoms with E-state index < -0.39 is 18.0 Å². The van der Waals surface area contributed by atoms with Crippen molar-refractivity contribution in [1.29, 1.82) is 0 Å². The van der Waals surface area contributed by atoms with E-state index in [4.69, 9.17) is 0 Å². The van der Waals surface area contributed by atoms with E-state index in [9.17, 15) is 19.5 Å². The minimum absolute atomic E-state index is 0.0207. The van der Waals surface area contributed by atoms with Gasteiger partial charge < -0.3 is 25.5 Å². The van der Waals surface area contributed by atoms with E-state index in [-0.39, 0.29) is 18.5 Å². The van der Waals surface area contributed by atoms with E-state index in [2.05, 4.69) is 20.8 Å². The first-order valence-corrected chi connectivity index (χ1v) is 11.8. The number of carbonyl (C=O) groups excluding carboxylic acids is 2. The maximum Gasteiger partial charge on any atom is 0.326 e. The molecule has 2 aliphatic rings. The highest BCUT2D eigenvalue weighted by Crippen LogP contribution is 2.27. The Labute approximate surface area is 202 Å². The third-order valence-corrected chi connectivity index (χ3v) is 6.89. The number of aliphatic carboxylic acids is 1. The van der Waals surface area contributed by atoms with E-state index in [0.29, 0.717) is 32.5 Å². The molecule has 1 saturated heterocycles. The molecule has 4 N–H and O–H groups in total. The highest BCUT2D eigenvalue weighted by molar-refractivity contribution is 5.92. The highest BCUT2D eigenvalue weighted by Gasteiger charge is 2.33. The van der Waals surface area contributed by atoms with Gasteiger partial charge in [-0.05, 0) is 48.6 Å². The monoisotopic (exact) mass is 476 g/mol. The molecule has 1 atom stereocenters. The summed E-state index contributed by atoms with van der Waals surface area (Å²) in [5.41, 5.74) is 4.61. The molecule has 10 nitrogen and oxygen atoms in total. The van der Waals surface area contributed by atoms with E-state index >= 15 is 0 Å². The maximum atomic E-state index is 12.9. The van der Waals surface area contributed by atoms with E-state index in [1.807, 2.05) is 48.2 Å². The Hall–Kier alpha value is -4.08. The summed E-state index contributed by atoms with van der Waals surface area (Å²) in [6, 6.07) is 10.0. The number of carboxylic acid groups (broad SMARTS) is 1. The predicted octanol–water partition coefficient (Wildman–Crippen LogP) is 3.09. The number of nitrogens with zero attached hydrogens (tertiary/aromatic N) is 3. The molecular formula is C25H28N6O4. The molecule has 1 fully saturated rings. The molecular weight excluding hydrogens is 448 g/mol. The smallest absolute Gasteiger partial charge is 0.326 e. The van der Waals surface area contributed by atoms with Gasteiger partial charge in [0.05, 0.1) is 11.7 Å². The minimum Gasteiger partial charge on any atom is -0.480 e. The van der Waals surface area contributed by atoms with E-state index in [0.717, 1.165) is 33.3 Å². The molecule has 0 saturated carbocycles. The fraction of sp³-hybridized carbons (Fsp3) is 0.360. The summed E-state index contributed by atoms with van der Waals surface area (Å²) in [4.78, 5) is 40.9. The molecule has 2 aliphatic heterocycles. The third kappa shape index (κ3) is 4.64. The molecule has 4 amide bonds. The van der Waals surface area contributed by atoms with Crippen molar-refractivity contribution in [2.24, 2.45) is 0 Å². The zero-order chi connectivity index (χ0) is 24.5. The number of anilines is 1. The van der Waals surface area contributed by atoms with Crippen molar-refractivity contribution in [3.8, 4) is 0 Å². The van der Waals surface area contributed by atoms with Crippen LogP contribution in [0.25, 0.3) is 10.9 Å². The van der Waals surface area contributed by atoms with Gasteiger partial charge >= 0.3 is 18.0 Å². The van der Waals surface area contributed by atoms with Gasteiger partial charge in [-0.2, -0.15) is 5.10 Å². The van der Waals surface area contributed by atoms with Crippen LogP contribution >= 0.6 is 0 Å². The summed E-state index contributed by atoms with van der Waals surface area (Å²) in [5.74, 6) is -1.08. The van der Waals surface area contributed by atoms with Gasteiger partial charge in [-0.15, -0.1) is 0 Å². The Kier molecular flexibility index (Phi) is 6.02. The predicted molar refractivity (Wildman–Crippen MR) is 130 cm³/mol. The maximum absolute atomic E-state index is 12.9. The summed E-state index contributed by atoms with van der Waals surface area (Å²) in [5, 5.41) is 23.2. The lowest BCUT2D eigenvalue weighted by Crippen LogP contribution is -2.54. The molecule has 5 rings (SSSR count). The number of para-hydroxylation sites is 1. The van der Waals surface area contributed by atoms with Crippen molar-refractivity contribution >= 4 is 34.6 Å². The first-order valence-electron chi connectivity index (χ1n) is 11.8. The van der Waals surface area contributed by atoms with Crippen LogP contribution in [0.4, 0.5) is 15.3 Å². The van der Waals surface area contributed by atoms with Crippen LogP contribution in [0.15, 0.2) is 42.6 Å². The van der Waals surface area contributed by atoms with Gasteiger partial charge in [0, 0.05) is 43.2 Å². The highest BCUT2D eigenvalue weighted by atomic mass is 16.4. The largest absolute Gasteiger partial charge is 0.480 e. The second-order valence-electron chi connectivity index (χ2n) is 9.22. The Bertz CT molecular complexity index is 1280. The van der Waals surface area contributed by atoms with Crippen LogP contribution in [0.5, 0.6) is 0 Å². The van der Waals surface area contributed by atoms with Gasteiger partial charge in [-0.1, -0.05) is 24.3 Å². The topological polar surface area (TPSA) is 131 Å². The van der Waals surface area contributed by atoms with Crippen LogP contribution < -0.4 is 10.6 Å². The van der Waals surface area contributed by atoms with Crippen molar-refractivity contribution in [3.05, 3.63) is 59.3 Å². The number of hydrogen-bond donors (Lipinski definition) is 4. The Morgan fingerprint density at radius 3 is 2.77 bits per heavy atom. The number of carbonyl (C=O) groups is 3. The number of carboxylic acids is 1. The molecule has 3 aromatic rings. The van der Waals surface area contributed by atoms with Crippen molar-refractivity contribution in [1.82, 2.24) is 25.3 Å². The number of fused-ring (bicyclic) bond motifs is 2. The standard InChI is InChI=1S/C25H28N6O4/c1-15-10-16(11-18-13-26-29-22(15)18)12-21(23(32)33)28-24(34)30-8-6-19(7-9-30)31-14-17-4-2-3-5-20(17)27-25(31)35/h2-5,10-11,13,19,21H,6-9,12,14H2,1H3,(H,26,29)(H,27,35)(H,28,34)(H,32,33)/t21-/m1/s1. The van der Waals surface area contributed by atoms with Crippen molar-refractivity contribution in [3.63, 3.8) is 0 Å². The van der Waals surface area contributed by atoms with E-state index in [1.54, 1.807) is 11.1 Å². The first kappa shape index (κ1) is 22.7. The van der Waals surface area contributed by atoms with Gasteiger partial charge in [-0.3, -0.25) is 5.10 Å². The lowest BCUT2D eigenvalue weighted by atomic mass is 10.0. The number of aryl methyl sites for hydroxylation is 1. The minimum atomic E-state index is -1.08. The van der Waals surface area contributed by atoms with Gasteiger partial charge in [-0.25, -0.2) is 14.4 Å². The Morgan fingerprint density at radius 1 is 1.23 bits per heavy atom. The SMILES string of the molecule is Cc1cc(C[C@@H](NC(=O)N2CCC(N3Cc4ccccc4NC3=O)CC2)C(=O)O)cc2cn[nH]c12. The number of H-pyrrole nitrogens is 1. The van der Waals surface area contributed by atoms with Crippen LogP contribution in [-0.4, -0.2) is 68.3 Å². The number of urea groups is 2. The summed E-state index contributed by atoms with van der Waals surface area (Å²) in [6.45, 7) is 3.38. The molecule has 0 radical (unpaired) electrons. The van der Waals surface area contributed by atoms with Gasteiger partial charge in [0.15, 0.2) is 0 Å². The summed E-state index contributed by atoms with van der Waals surface area (Å²) in [7, 11) is 0. The summed E-state index contributed by atoms with van der Waals surface area (Å²) in [6.07, 6.45) is 3.15. The number of hydrogen-bond acceptors (Lipinski definition) is 4. The molecule has 0 aliphatic carbocycles. The number of likely N-dealkylation sites (tertiary alicyclic amines) is 1. The fourth-order valence-electron chi connectivity index (χ4n) is 5.00. The van der Waals surface area contributed by atoms with Crippen LogP contribution in [0.1, 0.15) is 29.5 Å². The van der Waals surface area contributed by atoms with Crippen molar-refractivity contribution in [2.75, 3.05) is 18.4 Å². The lowest BCUT2D eigenvalue weighted by molar-refractivity contribution is -0.139. The zero-order valence-electron chi connectivity index (χ0n) is 19.5. The van der Waals surface area contributed by atoms with Crippen LogP contribution in [0.2, 0.25) is 0 Å². The van der Waals surface area contributed by atoms with Crippen LogP contribution in [-0.2, 0) is 17.8 Å². The number of benzene rings is 2. The second kappa shape index (κ2) is 9.28. The quantitative estimate of drug-likeness (QED) is 0.450. The number of aromatic nitrogens is 2.